The van der Waals surface area contributed by atoms with E-state index in [0.29, 0.717) is 21.7 Å². The number of nitrogens with zero attached hydrogens (tertiary/aromatic N) is 1. The molecule has 1 aromatic carbocycles. The monoisotopic (exact) mass is 324 g/mol. The van der Waals surface area contributed by atoms with Gasteiger partial charge in [0.2, 0.25) is 0 Å². The highest BCUT2D eigenvalue weighted by Crippen LogP contribution is 2.19. The van der Waals surface area contributed by atoms with Crippen LogP contribution in [0.5, 0.6) is 0 Å². The molecule has 18 heavy (non-hydrogen) atoms. The fourth-order valence-corrected chi connectivity index (χ4v) is 2.16. The second-order valence-corrected chi connectivity index (χ2v) is 4.70. The average molecular weight is 326 g/mol. The minimum Gasteiger partial charge on any atom is -0.320 e. The number of aromatic nitrogens is 1. The van der Waals surface area contributed by atoms with Gasteiger partial charge in [-0.25, -0.2) is 4.98 Å². The minimum absolute atomic E-state index is 0.264. The second-order valence-electron chi connectivity index (χ2n) is 3.58. The fourth-order valence-electron chi connectivity index (χ4n) is 1.49. The van der Waals surface area contributed by atoms with Gasteiger partial charge in [-0.15, -0.1) is 11.6 Å². The lowest BCUT2D eigenvalue weighted by Gasteiger charge is -2.09. The maximum Gasteiger partial charge on any atom is 0.275 e. The average Bonchev–Trinajstić information content (AvgIpc) is 2.39. The number of halogens is 2. The molecule has 0 spiro atoms. The Labute approximate surface area is 118 Å². The van der Waals surface area contributed by atoms with Gasteiger partial charge in [-0.2, -0.15) is 0 Å². The lowest BCUT2D eigenvalue weighted by atomic mass is 10.2. The summed E-state index contributed by atoms with van der Waals surface area (Å²) in [7, 11) is 0. The van der Waals surface area contributed by atoms with E-state index in [1.165, 1.54) is 0 Å². The van der Waals surface area contributed by atoms with Gasteiger partial charge in [0, 0.05) is 22.2 Å². The Morgan fingerprint density at radius 1 is 1.28 bits per heavy atom. The number of hydrogen-bond donors (Lipinski definition) is 1. The summed E-state index contributed by atoms with van der Waals surface area (Å²) < 4.78 is 0.658. The molecule has 0 unspecified atom stereocenters. The highest BCUT2D eigenvalue weighted by molar-refractivity contribution is 9.10. The van der Waals surface area contributed by atoms with Crippen LogP contribution in [0.2, 0.25) is 0 Å². The highest BCUT2D eigenvalue weighted by Gasteiger charge is 2.12. The standard InChI is InChI=1S/C13H10BrClN2O/c14-10-5-3-7-16-12(10)13(18)17-11-6-2-1-4-9(11)8-15/h1-7H,8H2,(H,17,18). The number of para-hydroxylation sites is 1. The molecule has 0 aliphatic rings. The first-order valence-electron chi connectivity index (χ1n) is 5.28. The number of carbonyl (C=O) groups excluding carboxylic acids is 1. The maximum atomic E-state index is 12.1. The quantitative estimate of drug-likeness (QED) is 0.871. The molecule has 0 fully saturated rings. The van der Waals surface area contributed by atoms with Crippen molar-refractivity contribution < 1.29 is 4.79 Å². The maximum absolute atomic E-state index is 12.1. The zero-order chi connectivity index (χ0) is 13.0. The SMILES string of the molecule is O=C(Nc1ccccc1CCl)c1ncccc1Br. The molecule has 1 aromatic heterocycles. The van der Waals surface area contributed by atoms with Crippen LogP contribution in [0.15, 0.2) is 47.1 Å². The molecule has 0 aliphatic carbocycles. The van der Waals surface area contributed by atoms with Crippen molar-refractivity contribution in [3.8, 4) is 0 Å². The van der Waals surface area contributed by atoms with Crippen molar-refractivity contribution in [3.63, 3.8) is 0 Å². The first kappa shape index (κ1) is 13.1. The lowest BCUT2D eigenvalue weighted by Crippen LogP contribution is -2.15. The van der Waals surface area contributed by atoms with Crippen molar-refractivity contribution in [3.05, 3.63) is 58.3 Å². The van der Waals surface area contributed by atoms with Crippen molar-refractivity contribution in [2.24, 2.45) is 0 Å². The smallest absolute Gasteiger partial charge is 0.275 e. The zero-order valence-electron chi connectivity index (χ0n) is 9.36. The summed E-state index contributed by atoms with van der Waals surface area (Å²) in [5.41, 5.74) is 1.93. The van der Waals surface area contributed by atoms with Crippen LogP contribution < -0.4 is 5.32 Å². The number of carbonyl (C=O) groups is 1. The first-order valence-corrected chi connectivity index (χ1v) is 6.61. The minimum atomic E-state index is -0.264. The van der Waals surface area contributed by atoms with Gasteiger partial charge in [0.25, 0.3) is 5.91 Å². The van der Waals surface area contributed by atoms with E-state index < -0.39 is 0 Å². The molecule has 0 saturated heterocycles. The highest BCUT2D eigenvalue weighted by atomic mass is 79.9. The molecule has 2 rings (SSSR count). The van der Waals surface area contributed by atoms with Crippen molar-refractivity contribution in [1.29, 1.82) is 0 Å². The third kappa shape index (κ3) is 2.89. The van der Waals surface area contributed by atoms with Crippen LogP contribution in [0.4, 0.5) is 5.69 Å². The van der Waals surface area contributed by atoms with Crippen molar-refractivity contribution in [2.45, 2.75) is 5.88 Å². The molecule has 3 nitrogen and oxygen atoms in total. The van der Waals surface area contributed by atoms with E-state index in [1.54, 1.807) is 18.3 Å². The Kier molecular flexibility index (Phi) is 4.33. The molecule has 0 aliphatic heterocycles. The van der Waals surface area contributed by atoms with Crippen LogP contribution >= 0.6 is 27.5 Å². The molecule has 92 valence electrons. The molecule has 2 aromatic rings. The summed E-state index contributed by atoms with van der Waals surface area (Å²) >= 11 is 9.11. The molecule has 1 amide bonds. The largest absolute Gasteiger partial charge is 0.320 e. The van der Waals surface area contributed by atoms with Crippen LogP contribution in [0.3, 0.4) is 0 Å². The summed E-state index contributed by atoms with van der Waals surface area (Å²) in [5.74, 6) is 0.0832. The number of benzene rings is 1. The van der Waals surface area contributed by atoms with E-state index in [1.807, 2.05) is 24.3 Å². The number of rotatable bonds is 3. The summed E-state index contributed by atoms with van der Waals surface area (Å²) in [6.45, 7) is 0. The van der Waals surface area contributed by atoms with Gasteiger partial charge < -0.3 is 5.32 Å². The van der Waals surface area contributed by atoms with E-state index in [4.69, 9.17) is 11.6 Å². The number of nitrogens with one attached hydrogen (secondary N) is 1. The Morgan fingerprint density at radius 3 is 2.78 bits per heavy atom. The van der Waals surface area contributed by atoms with E-state index in [9.17, 15) is 4.79 Å². The van der Waals surface area contributed by atoms with E-state index in [0.717, 1.165) is 5.56 Å². The number of anilines is 1. The molecule has 0 bridgehead atoms. The predicted octanol–water partition coefficient (Wildman–Crippen LogP) is 3.84. The first-order chi connectivity index (χ1) is 8.72. The van der Waals surface area contributed by atoms with Gasteiger partial charge >= 0.3 is 0 Å². The Morgan fingerprint density at radius 2 is 2.06 bits per heavy atom. The Bertz CT molecular complexity index is 574. The molecule has 1 heterocycles. The summed E-state index contributed by atoms with van der Waals surface area (Å²) in [6, 6.07) is 10.9. The molecule has 5 heteroatoms. The second kappa shape index (κ2) is 5.98. The number of amides is 1. The fraction of sp³-hybridized carbons (Fsp3) is 0.0769. The van der Waals surface area contributed by atoms with Crippen LogP contribution in [0.1, 0.15) is 16.1 Å². The van der Waals surface area contributed by atoms with Crippen LogP contribution in [0, 0.1) is 0 Å². The third-order valence-electron chi connectivity index (χ3n) is 2.38. The molecule has 0 radical (unpaired) electrons. The molecular formula is C13H10BrClN2O. The molecule has 0 saturated carbocycles. The van der Waals surface area contributed by atoms with Gasteiger partial charge in [-0.05, 0) is 39.7 Å². The van der Waals surface area contributed by atoms with Gasteiger partial charge in [-0.3, -0.25) is 4.79 Å². The normalized spacial score (nSPS) is 10.1. The third-order valence-corrected chi connectivity index (χ3v) is 3.31. The van der Waals surface area contributed by atoms with Crippen molar-refractivity contribution in [1.82, 2.24) is 4.98 Å². The summed E-state index contributed by atoms with van der Waals surface area (Å²) in [6.07, 6.45) is 1.58. The number of hydrogen-bond acceptors (Lipinski definition) is 2. The van der Waals surface area contributed by atoms with E-state index in [2.05, 4.69) is 26.2 Å². The number of alkyl halides is 1. The van der Waals surface area contributed by atoms with Crippen molar-refractivity contribution in [2.75, 3.05) is 5.32 Å². The van der Waals surface area contributed by atoms with E-state index in [-0.39, 0.29) is 5.91 Å². The topological polar surface area (TPSA) is 42.0 Å². The van der Waals surface area contributed by atoms with E-state index >= 15 is 0 Å². The number of pyridine rings is 1. The lowest BCUT2D eigenvalue weighted by molar-refractivity contribution is 0.102. The summed E-state index contributed by atoms with van der Waals surface area (Å²) in [5, 5.41) is 2.80. The van der Waals surface area contributed by atoms with Gasteiger partial charge in [0.1, 0.15) is 5.69 Å². The predicted molar refractivity (Wildman–Crippen MR) is 75.9 cm³/mol. The van der Waals surface area contributed by atoms with Crippen molar-refractivity contribution >= 4 is 39.1 Å². The molecule has 0 atom stereocenters. The molecule has 1 N–H and O–H groups in total. The Balaban J connectivity index is 2.24. The van der Waals surface area contributed by atoms with Crippen LogP contribution in [-0.2, 0) is 5.88 Å². The summed E-state index contributed by atoms with van der Waals surface area (Å²) in [4.78, 5) is 16.1. The van der Waals surface area contributed by atoms with Crippen LogP contribution in [-0.4, -0.2) is 10.9 Å². The Hall–Kier alpha value is -1.39. The molecular weight excluding hydrogens is 316 g/mol. The van der Waals surface area contributed by atoms with Gasteiger partial charge in [0.05, 0.1) is 0 Å². The van der Waals surface area contributed by atoms with Gasteiger partial charge in [0.15, 0.2) is 0 Å². The van der Waals surface area contributed by atoms with Gasteiger partial charge in [-0.1, -0.05) is 18.2 Å². The van der Waals surface area contributed by atoms with Crippen LogP contribution in [0.25, 0.3) is 0 Å². The zero-order valence-corrected chi connectivity index (χ0v) is 11.7.